The number of nitriles is 1. The van der Waals surface area contributed by atoms with Crippen molar-refractivity contribution < 1.29 is 4.79 Å². The molecule has 0 aliphatic rings. The molecule has 4 rings (SSSR count). The van der Waals surface area contributed by atoms with Crippen molar-refractivity contribution in [3.63, 3.8) is 0 Å². The topological polar surface area (TPSA) is 119 Å². The van der Waals surface area contributed by atoms with Gasteiger partial charge in [0.15, 0.2) is 5.65 Å². The Hall–Kier alpha value is -3.86. The van der Waals surface area contributed by atoms with Gasteiger partial charge in [-0.3, -0.25) is 14.7 Å². The van der Waals surface area contributed by atoms with Crippen molar-refractivity contribution in [3.8, 4) is 6.07 Å². The van der Waals surface area contributed by atoms with Crippen LogP contribution in [0.5, 0.6) is 0 Å². The van der Waals surface area contributed by atoms with Gasteiger partial charge in [-0.25, -0.2) is 9.50 Å². The maximum absolute atomic E-state index is 12.6. The highest BCUT2D eigenvalue weighted by atomic mass is 16.2. The molecule has 140 valence electrons. The highest BCUT2D eigenvalue weighted by molar-refractivity contribution is 5.82. The monoisotopic (exact) mass is 374 g/mol. The molecule has 3 aromatic heterocycles. The smallest absolute Gasteiger partial charge is 0.276 e. The zero-order valence-corrected chi connectivity index (χ0v) is 15.5. The van der Waals surface area contributed by atoms with Gasteiger partial charge < -0.3 is 10.3 Å². The fourth-order valence-corrected chi connectivity index (χ4v) is 3.30. The first-order chi connectivity index (χ1) is 13.5. The molecule has 0 saturated heterocycles. The molecule has 0 spiro atoms. The van der Waals surface area contributed by atoms with E-state index in [1.807, 2.05) is 31.2 Å². The lowest BCUT2D eigenvalue weighted by Gasteiger charge is -2.08. The van der Waals surface area contributed by atoms with Crippen molar-refractivity contribution in [3.05, 3.63) is 68.9 Å². The molecule has 8 heteroatoms. The zero-order valence-electron chi connectivity index (χ0n) is 15.5. The molecule has 8 nitrogen and oxygen atoms in total. The van der Waals surface area contributed by atoms with Gasteiger partial charge in [0.1, 0.15) is 11.6 Å². The Balaban J connectivity index is 1.51. The lowest BCUT2D eigenvalue weighted by molar-refractivity contribution is -0.120. The molecule has 3 heterocycles. The Morgan fingerprint density at radius 3 is 2.93 bits per heavy atom. The summed E-state index contributed by atoms with van der Waals surface area (Å²) in [6.07, 6.45) is 1.34. The molecule has 0 saturated carbocycles. The summed E-state index contributed by atoms with van der Waals surface area (Å²) >= 11 is 0. The maximum Gasteiger partial charge on any atom is 0.276 e. The Labute approximate surface area is 159 Å². The molecule has 0 aliphatic heterocycles. The van der Waals surface area contributed by atoms with Gasteiger partial charge in [0, 0.05) is 35.2 Å². The second-order valence-electron chi connectivity index (χ2n) is 6.77. The first-order valence-electron chi connectivity index (χ1n) is 8.81. The van der Waals surface area contributed by atoms with Crippen LogP contribution in [-0.2, 0) is 17.8 Å². The second-order valence-corrected chi connectivity index (χ2v) is 6.77. The second kappa shape index (κ2) is 6.70. The summed E-state index contributed by atoms with van der Waals surface area (Å²) in [7, 11) is 0. The molecule has 0 aliphatic carbocycles. The van der Waals surface area contributed by atoms with Gasteiger partial charge in [-0.05, 0) is 36.9 Å². The highest BCUT2D eigenvalue weighted by Crippen LogP contribution is 2.16. The average Bonchev–Trinajstić information content (AvgIpc) is 3.25. The molecular formula is C20H18N6O2. The van der Waals surface area contributed by atoms with Crippen LogP contribution in [0.1, 0.15) is 28.1 Å². The quantitative estimate of drug-likeness (QED) is 0.505. The number of benzene rings is 1. The average molecular weight is 374 g/mol. The number of rotatable bonds is 4. The number of H-pyrrole nitrogens is 2. The minimum atomic E-state index is -0.373. The number of aryl methyl sites for hydroxylation is 2. The molecule has 3 N–H and O–H groups in total. The molecule has 0 atom stereocenters. The largest absolute Gasteiger partial charge is 0.359 e. The van der Waals surface area contributed by atoms with E-state index >= 15 is 0 Å². The van der Waals surface area contributed by atoms with E-state index in [0.29, 0.717) is 17.8 Å². The van der Waals surface area contributed by atoms with Crippen molar-refractivity contribution in [2.24, 2.45) is 0 Å². The summed E-state index contributed by atoms with van der Waals surface area (Å²) in [5.74, 6) is -0.267. The van der Waals surface area contributed by atoms with Crippen LogP contribution >= 0.6 is 0 Å². The summed E-state index contributed by atoms with van der Waals surface area (Å²) in [6, 6.07) is 10.0. The third-order valence-corrected chi connectivity index (χ3v) is 4.73. The number of nitrogens with one attached hydrogen (secondary N) is 3. The number of amides is 1. The number of hydrogen-bond acceptors (Lipinski definition) is 4. The Kier molecular flexibility index (Phi) is 4.20. The van der Waals surface area contributed by atoms with E-state index in [4.69, 9.17) is 5.26 Å². The van der Waals surface area contributed by atoms with Crippen molar-refractivity contribution in [1.82, 2.24) is 24.9 Å². The van der Waals surface area contributed by atoms with Gasteiger partial charge in [-0.2, -0.15) is 5.26 Å². The summed E-state index contributed by atoms with van der Waals surface area (Å²) in [6.45, 7) is 4.03. The van der Waals surface area contributed by atoms with Gasteiger partial charge in [-0.15, -0.1) is 0 Å². The summed E-state index contributed by atoms with van der Waals surface area (Å²) in [4.78, 5) is 32.6. The molecule has 0 fully saturated rings. The summed E-state index contributed by atoms with van der Waals surface area (Å²) in [5.41, 5.74) is 3.99. The number of carbonyl (C=O) groups excluding carboxylic acids is 1. The van der Waals surface area contributed by atoms with Crippen molar-refractivity contribution in [1.29, 1.82) is 5.26 Å². The molecular weight excluding hydrogens is 356 g/mol. The van der Waals surface area contributed by atoms with Gasteiger partial charge in [0.25, 0.3) is 5.56 Å². The first-order valence-corrected chi connectivity index (χ1v) is 8.81. The number of fused-ring (bicyclic) bond motifs is 2. The number of aromatic nitrogens is 4. The molecule has 0 bridgehead atoms. The Morgan fingerprint density at radius 2 is 2.14 bits per heavy atom. The number of carbonyl (C=O) groups is 1. The van der Waals surface area contributed by atoms with E-state index in [2.05, 4.69) is 26.4 Å². The van der Waals surface area contributed by atoms with Gasteiger partial charge in [0.05, 0.1) is 6.42 Å². The minimum Gasteiger partial charge on any atom is -0.359 e. The Morgan fingerprint density at radius 1 is 1.32 bits per heavy atom. The maximum atomic E-state index is 12.6. The first kappa shape index (κ1) is 17.5. The molecule has 28 heavy (non-hydrogen) atoms. The minimum absolute atomic E-state index is 0.0780. The van der Waals surface area contributed by atoms with E-state index < -0.39 is 0 Å². The number of nitrogens with zero attached hydrogens (tertiary/aromatic N) is 3. The van der Waals surface area contributed by atoms with Crippen molar-refractivity contribution >= 4 is 22.5 Å². The molecule has 0 unspecified atom stereocenters. The van der Waals surface area contributed by atoms with Gasteiger partial charge >= 0.3 is 0 Å². The lowest BCUT2D eigenvalue weighted by Crippen LogP contribution is -2.30. The van der Waals surface area contributed by atoms with Crippen LogP contribution in [0.3, 0.4) is 0 Å². The van der Waals surface area contributed by atoms with Crippen LogP contribution in [0.15, 0.2) is 35.3 Å². The fraction of sp³-hybridized carbons (Fsp3) is 0.200. The van der Waals surface area contributed by atoms with Crippen LogP contribution in [0, 0.1) is 25.2 Å². The van der Waals surface area contributed by atoms with Gasteiger partial charge in [0.2, 0.25) is 5.91 Å². The summed E-state index contributed by atoms with van der Waals surface area (Å²) < 4.78 is 1.19. The highest BCUT2D eigenvalue weighted by Gasteiger charge is 2.16. The van der Waals surface area contributed by atoms with E-state index in [-0.39, 0.29) is 29.1 Å². The predicted octanol–water partition coefficient (Wildman–Crippen LogP) is 1.85. The Bertz CT molecular complexity index is 1320. The van der Waals surface area contributed by atoms with Crippen LogP contribution < -0.4 is 10.9 Å². The van der Waals surface area contributed by atoms with Crippen molar-refractivity contribution in [2.45, 2.75) is 26.8 Å². The van der Waals surface area contributed by atoms with Crippen LogP contribution in [0.25, 0.3) is 16.6 Å². The van der Waals surface area contributed by atoms with E-state index in [9.17, 15) is 9.59 Å². The third-order valence-electron chi connectivity index (χ3n) is 4.73. The zero-order chi connectivity index (χ0) is 19.8. The lowest BCUT2D eigenvalue weighted by atomic mass is 10.1. The fourth-order valence-electron chi connectivity index (χ4n) is 3.30. The molecule has 1 aromatic carbocycles. The summed E-state index contributed by atoms with van der Waals surface area (Å²) in [5, 5.41) is 15.8. The third kappa shape index (κ3) is 3.03. The van der Waals surface area contributed by atoms with Gasteiger partial charge in [-0.1, -0.05) is 12.1 Å². The normalized spacial score (nSPS) is 11.0. The standard InChI is InChI=1S/C20H18N6O2/c1-11-5-14-4-3-13(6-17(14)24-11)9-22-18(27)7-16-12(2)25-19-15(8-21)10-23-26(19)20(16)28/h3-6,10,23-24H,7,9H2,1-2H3,(H,22,27). The molecule has 0 radical (unpaired) electrons. The molecule has 4 aromatic rings. The van der Waals surface area contributed by atoms with E-state index in [1.165, 1.54) is 10.7 Å². The number of hydrogen-bond donors (Lipinski definition) is 3. The van der Waals surface area contributed by atoms with Crippen LogP contribution in [0.2, 0.25) is 0 Å². The predicted molar refractivity (Wildman–Crippen MR) is 104 cm³/mol. The molecule has 1 amide bonds. The van der Waals surface area contributed by atoms with E-state index in [0.717, 1.165) is 22.2 Å². The van der Waals surface area contributed by atoms with Crippen LogP contribution in [-0.4, -0.2) is 25.5 Å². The van der Waals surface area contributed by atoms with E-state index in [1.54, 1.807) is 6.92 Å². The van der Waals surface area contributed by atoms with Crippen LogP contribution in [0.4, 0.5) is 0 Å². The SMILES string of the molecule is Cc1cc2ccc(CNC(=O)Cc3c(C)nc4c(C#N)c[nH]n4c3=O)cc2[nH]1. The number of aromatic amines is 2. The van der Waals surface area contributed by atoms with Crippen molar-refractivity contribution in [2.75, 3.05) is 0 Å².